The molecular weight excluding hydrogens is 528 g/mol. The first kappa shape index (κ1) is 29.3. The number of carbonyl (C=O) groups is 4. The summed E-state index contributed by atoms with van der Waals surface area (Å²) >= 11 is 0. The molecule has 0 unspecified atom stereocenters. The summed E-state index contributed by atoms with van der Waals surface area (Å²) in [5.74, 6) is -3.21. The number of carbonyl (C=O) groups excluding carboxylic acids is 3. The Labute approximate surface area is 237 Å². The van der Waals surface area contributed by atoms with Gasteiger partial charge in [0.05, 0.1) is 12.5 Å². The molecule has 1 aliphatic rings. The van der Waals surface area contributed by atoms with Gasteiger partial charge in [0.1, 0.15) is 19.3 Å². The molecule has 41 heavy (non-hydrogen) atoms. The highest BCUT2D eigenvalue weighted by molar-refractivity contribution is 5.92. The summed E-state index contributed by atoms with van der Waals surface area (Å²) in [6.07, 6.45) is -2.36. The van der Waals surface area contributed by atoms with Crippen molar-refractivity contribution in [2.45, 2.75) is 44.1 Å². The minimum absolute atomic E-state index is 0.00882. The molecule has 4 rings (SSSR count). The number of benzene rings is 3. The average molecular weight is 561 g/mol. The van der Waals surface area contributed by atoms with Crippen LogP contribution in [0.15, 0.2) is 78.9 Å². The number of esters is 1. The Balaban J connectivity index is 1.44. The maximum absolute atomic E-state index is 13.1. The molecule has 0 aromatic heterocycles. The van der Waals surface area contributed by atoms with E-state index in [4.69, 9.17) is 14.2 Å². The molecule has 0 spiro atoms. The number of ether oxygens (including phenoxy) is 3. The molecule has 10 heteroatoms. The Morgan fingerprint density at radius 2 is 1.41 bits per heavy atom. The highest BCUT2D eigenvalue weighted by atomic mass is 16.6. The fourth-order valence-electron chi connectivity index (χ4n) is 4.73. The number of hydrogen-bond donors (Lipinski definition) is 3. The van der Waals surface area contributed by atoms with Gasteiger partial charge in [0, 0.05) is 13.0 Å². The monoisotopic (exact) mass is 560 g/mol. The lowest BCUT2D eigenvalue weighted by molar-refractivity contribution is -0.148. The quantitative estimate of drug-likeness (QED) is 0.285. The number of carboxylic acids is 1. The van der Waals surface area contributed by atoms with E-state index in [1.807, 2.05) is 54.6 Å². The zero-order valence-electron chi connectivity index (χ0n) is 22.7. The van der Waals surface area contributed by atoms with Crippen LogP contribution < -0.4 is 10.6 Å². The predicted molar refractivity (Wildman–Crippen MR) is 149 cm³/mol. The number of amides is 2. The van der Waals surface area contributed by atoms with E-state index in [9.17, 15) is 24.3 Å². The van der Waals surface area contributed by atoms with Gasteiger partial charge in [-0.1, -0.05) is 78.9 Å². The molecule has 3 aromatic carbocycles. The van der Waals surface area contributed by atoms with Gasteiger partial charge in [0.2, 0.25) is 5.91 Å². The van der Waals surface area contributed by atoms with Crippen molar-refractivity contribution >= 4 is 23.9 Å². The summed E-state index contributed by atoms with van der Waals surface area (Å²) in [6, 6.07) is 21.8. The Kier molecular flexibility index (Phi) is 9.70. The number of carboxylic acid groups (broad SMARTS) is 1. The molecule has 0 bridgehead atoms. The molecule has 3 aromatic rings. The van der Waals surface area contributed by atoms with E-state index in [1.165, 1.54) is 14.0 Å². The van der Waals surface area contributed by atoms with Gasteiger partial charge in [-0.05, 0) is 34.7 Å². The maximum atomic E-state index is 13.1. The number of fused-ring (bicyclic) bond motifs is 3. The summed E-state index contributed by atoms with van der Waals surface area (Å²) in [4.78, 5) is 50.3. The van der Waals surface area contributed by atoms with Gasteiger partial charge in [0.25, 0.3) is 0 Å². The summed E-state index contributed by atoms with van der Waals surface area (Å²) in [5, 5.41) is 14.3. The van der Waals surface area contributed by atoms with Gasteiger partial charge in [0.15, 0.2) is 6.04 Å². The van der Waals surface area contributed by atoms with E-state index in [0.717, 1.165) is 27.8 Å². The molecule has 3 atom stereocenters. The highest BCUT2D eigenvalue weighted by Crippen LogP contribution is 2.44. The first-order chi connectivity index (χ1) is 19.8. The number of nitrogens with one attached hydrogen (secondary N) is 2. The number of hydrogen-bond acceptors (Lipinski definition) is 7. The summed E-state index contributed by atoms with van der Waals surface area (Å²) in [7, 11) is 1.31. The van der Waals surface area contributed by atoms with E-state index in [0.29, 0.717) is 0 Å². The molecule has 0 fully saturated rings. The Hall–Kier alpha value is -4.70. The van der Waals surface area contributed by atoms with Crippen LogP contribution in [-0.2, 0) is 35.2 Å². The summed E-state index contributed by atoms with van der Waals surface area (Å²) < 4.78 is 15.9. The molecule has 0 saturated carbocycles. The predicted octanol–water partition coefficient (Wildman–Crippen LogP) is 3.63. The lowest BCUT2D eigenvalue weighted by Crippen LogP contribution is -2.55. The van der Waals surface area contributed by atoms with Crippen molar-refractivity contribution in [1.29, 1.82) is 0 Å². The second kappa shape index (κ2) is 13.6. The van der Waals surface area contributed by atoms with Crippen LogP contribution in [0, 0.1) is 0 Å². The smallest absolute Gasteiger partial charge is 0.407 e. The molecule has 0 radical (unpaired) electrons. The van der Waals surface area contributed by atoms with Crippen molar-refractivity contribution in [3.8, 4) is 11.1 Å². The molecule has 214 valence electrons. The topological polar surface area (TPSA) is 140 Å². The van der Waals surface area contributed by atoms with Gasteiger partial charge >= 0.3 is 18.0 Å². The number of methoxy groups -OCH3 is 1. The van der Waals surface area contributed by atoms with Crippen LogP contribution >= 0.6 is 0 Å². The molecule has 1 aliphatic carbocycles. The van der Waals surface area contributed by atoms with Gasteiger partial charge in [-0.15, -0.1) is 0 Å². The van der Waals surface area contributed by atoms with Gasteiger partial charge in [-0.2, -0.15) is 0 Å². The van der Waals surface area contributed by atoms with Crippen LogP contribution in [0.5, 0.6) is 0 Å². The van der Waals surface area contributed by atoms with Crippen molar-refractivity contribution in [2.24, 2.45) is 0 Å². The fourth-order valence-corrected chi connectivity index (χ4v) is 4.73. The standard InChI is InChI=1S/C31H32N2O8/c1-19(39-2)28(30(36)37)33-29(35)26(16-27(34)40-17-20-10-4-3-5-11-20)32-31(38)41-18-25-23-14-8-6-12-21(23)22-13-7-9-15-24(22)25/h3-15,19,25-26,28H,16-18H2,1-2H3,(H,32,38)(H,33,35)(H,36,37)/t19-,26+,28+/m1/s1. The minimum Gasteiger partial charge on any atom is -0.480 e. The van der Waals surface area contributed by atoms with Crippen molar-refractivity contribution < 1.29 is 38.5 Å². The zero-order chi connectivity index (χ0) is 29.4. The third-order valence-corrected chi connectivity index (χ3v) is 6.97. The number of rotatable bonds is 12. The molecule has 0 saturated heterocycles. The minimum atomic E-state index is -1.46. The van der Waals surface area contributed by atoms with Crippen LogP contribution in [-0.4, -0.2) is 60.9 Å². The van der Waals surface area contributed by atoms with E-state index in [1.54, 1.807) is 24.3 Å². The summed E-state index contributed by atoms with van der Waals surface area (Å²) in [5.41, 5.74) is 4.88. The highest BCUT2D eigenvalue weighted by Gasteiger charge is 2.33. The molecule has 10 nitrogen and oxygen atoms in total. The SMILES string of the molecule is CO[C@H](C)[C@H](NC(=O)[C@H](CC(=O)OCc1ccccc1)NC(=O)OCC1c2ccccc2-c2ccccc21)C(=O)O. The molecule has 2 amide bonds. The van der Waals surface area contributed by atoms with Crippen LogP contribution in [0.25, 0.3) is 11.1 Å². The molecule has 0 aliphatic heterocycles. The lowest BCUT2D eigenvalue weighted by Gasteiger charge is -2.24. The van der Waals surface area contributed by atoms with Gasteiger partial charge < -0.3 is 30.0 Å². The van der Waals surface area contributed by atoms with E-state index >= 15 is 0 Å². The molecule has 0 heterocycles. The maximum Gasteiger partial charge on any atom is 0.407 e. The third kappa shape index (κ3) is 7.29. The Morgan fingerprint density at radius 3 is 2.00 bits per heavy atom. The van der Waals surface area contributed by atoms with Crippen molar-refractivity contribution in [2.75, 3.05) is 13.7 Å². The number of aliphatic carboxylic acids is 1. The Bertz CT molecular complexity index is 1350. The normalized spacial score (nSPS) is 14.1. The number of alkyl carbamates (subject to hydrolysis) is 1. The van der Waals surface area contributed by atoms with Crippen LogP contribution in [0.2, 0.25) is 0 Å². The largest absolute Gasteiger partial charge is 0.480 e. The van der Waals surface area contributed by atoms with E-state index < -0.39 is 48.5 Å². The first-order valence-electron chi connectivity index (χ1n) is 13.2. The van der Waals surface area contributed by atoms with Crippen LogP contribution in [0.3, 0.4) is 0 Å². The first-order valence-corrected chi connectivity index (χ1v) is 13.2. The van der Waals surface area contributed by atoms with Crippen molar-refractivity contribution in [3.63, 3.8) is 0 Å². The zero-order valence-corrected chi connectivity index (χ0v) is 22.7. The lowest BCUT2D eigenvalue weighted by atomic mass is 9.98. The Morgan fingerprint density at radius 1 is 0.829 bits per heavy atom. The van der Waals surface area contributed by atoms with Crippen molar-refractivity contribution in [1.82, 2.24) is 10.6 Å². The van der Waals surface area contributed by atoms with Crippen molar-refractivity contribution in [3.05, 3.63) is 95.6 Å². The molecular formula is C31H32N2O8. The van der Waals surface area contributed by atoms with Crippen LogP contribution in [0.4, 0.5) is 4.79 Å². The second-order valence-corrected chi connectivity index (χ2v) is 9.64. The second-order valence-electron chi connectivity index (χ2n) is 9.64. The fraction of sp³-hybridized carbons (Fsp3) is 0.290. The third-order valence-electron chi connectivity index (χ3n) is 6.97. The van der Waals surface area contributed by atoms with E-state index in [2.05, 4.69) is 10.6 Å². The van der Waals surface area contributed by atoms with E-state index in [-0.39, 0.29) is 19.1 Å². The van der Waals surface area contributed by atoms with Gasteiger partial charge in [-0.3, -0.25) is 9.59 Å². The molecule has 3 N–H and O–H groups in total. The van der Waals surface area contributed by atoms with Gasteiger partial charge in [-0.25, -0.2) is 9.59 Å². The van der Waals surface area contributed by atoms with Crippen LogP contribution in [0.1, 0.15) is 36.0 Å². The average Bonchev–Trinajstić information content (AvgIpc) is 3.30. The summed E-state index contributed by atoms with van der Waals surface area (Å²) in [6.45, 7) is 1.43.